The van der Waals surface area contributed by atoms with Crippen LogP contribution in [0, 0.1) is 23.2 Å². The lowest BCUT2D eigenvalue weighted by Crippen LogP contribution is -2.13. The van der Waals surface area contributed by atoms with Gasteiger partial charge >= 0.3 is 5.97 Å². The third-order valence-electron chi connectivity index (χ3n) is 2.74. The molecule has 19 heavy (non-hydrogen) atoms. The maximum atomic E-state index is 10.9. The molecule has 0 aliphatic heterocycles. The lowest BCUT2D eigenvalue weighted by Gasteiger charge is -2.08. The summed E-state index contributed by atoms with van der Waals surface area (Å²) in [5.41, 5.74) is 0. The second kappa shape index (κ2) is 13.0. The zero-order valence-electron chi connectivity index (χ0n) is 12.2. The molecule has 0 aliphatic rings. The summed E-state index contributed by atoms with van der Waals surface area (Å²) in [6, 6.07) is 2.04. The summed E-state index contributed by atoms with van der Waals surface area (Å²) >= 11 is 0. The van der Waals surface area contributed by atoms with Crippen LogP contribution in [0.15, 0.2) is 0 Å². The van der Waals surface area contributed by atoms with Gasteiger partial charge in [0.2, 0.25) is 0 Å². The molecular weight excluding hydrogens is 238 g/mol. The first-order chi connectivity index (χ1) is 9.20. The fraction of sp³-hybridized carbons (Fsp3) is 0.750. The van der Waals surface area contributed by atoms with Crippen LogP contribution >= 0.6 is 0 Å². The van der Waals surface area contributed by atoms with E-state index in [1.54, 1.807) is 0 Å². The Bertz CT molecular complexity index is 333. The SMILES string of the molecule is CCCCCCCCC#CC(CCC#N)OC(C)=O. The maximum Gasteiger partial charge on any atom is 0.303 e. The Morgan fingerprint density at radius 1 is 1.16 bits per heavy atom. The Hall–Kier alpha value is -1.48. The van der Waals surface area contributed by atoms with E-state index in [1.807, 2.05) is 6.07 Å². The summed E-state index contributed by atoms with van der Waals surface area (Å²) in [5, 5.41) is 8.52. The molecule has 0 aromatic rings. The number of hydrogen-bond donors (Lipinski definition) is 0. The van der Waals surface area contributed by atoms with Gasteiger partial charge in [0.15, 0.2) is 6.10 Å². The first kappa shape index (κ1) is 17.5. The van der Waals surface area contributed by atoms with E-state index in [-0.39, 0.29) is 5.97 Å². The summed E-state index contributed by atoms with van der Waals surface area (Å²) in [6.07, 6.45) is 8.76. The molecule has 1 unspecified atom stereocenters. The molecule has 0 spiro atoms. The topological polar surface area (TPSA) is 50.1 Å². The van der Waals surface area contributed by atoms with E-state index in [0.29, 0.717) is 12.8 Å². The summed E-state index contributed by atoms with van der Waals surface area (Å²) in [5.74, 6) is 5.66. The van der Waals surface area contributed by atoms with Crippen molar-refractivity contribution in [2.75, 3.05) is 0 Å². The third-order valence-corrected chi connectivity index (χ3v) is 2.74. The number of esters is 1. The second-order valence-electron chi connectivity index (χ2n) is 4.63. The van der Waals surface area contributed by atoms with Crippen molar-refractivity contribution in [3.63, 3.8) is 0 Å². The molecule has 0 amide bonds. The normalized spacial score (nSPS) is 11.0. The summed E-state index contributed by atoms with van der Waals surface area (Å²) in [7, 11) is 0. The Kier molecular flexibility index (Phi) is 12.0. The molecule has 0 heterocycles. The van der Waals surface area contributed by atoms with Crippen LogP contribution in [0.3, 0.4) is 0 Å². The highest BCUT2D eigenvalue weighted by Crippen LogP contribution is 2.07. The first-order valence-electron chi connectivity index (χ1n) is 7.23. The fourth-order valence-corrected chi connectivity index (χ4v) is 1.74. The van der Waals surface area contributed by atoms with E-state index in [9.17, 15) is 4.79 Å². The van der Waals surface area contributed by atoms with Gasteiger partial charge in [-0.1, -0.05) is 50.9 Å². The van der Waals surface area contributed by atoms with Crippen LogP contribution in [0.5, 0.6) is 0 Å². The highest BCUT2D eigenvalue weighted by atomic mass is 16.5. The number of unbranched alkanes of at least 4 members (excludes halogenated alkanes) is 6. The van der Waals surface area contributed by atoms with Gasteiger partial charge < -0.3 is 4.74 Å². The largest absolute Gasteiger partial charge is 0.449 e. The Balaban J connectivity index is 3.79. The van der Waals surface area contributed by atoms with E-state index in [0.717, 1.165) is 12.8 Å². The molecule has 0 aliphatic carbocycles. The molecule has 1 atom stereocenters. The zero-order valence-corrected chi connectivity index (χ0v) is 12.2. The van der Waals surface area contributed by atoms with Crippen molar-refractivity contribution in [1.82, 2.24) is 0 Å². The van der Waals surface area contributed by atoms with Gasteiger partial charge in [-0.05, 0) is 6.42 Å². The van der Waals surface area contributed by atoms with Crippen LogP contribution in [-0.4, -0.2) is 12.1 Å². The molecule has 0 bridgehead atoms. The van der Waals surface area contributed by atoms with Crippen molar-refractivity contribution in [1.29, 1.82) is 5.26 Å². The predicted molar refractivity (Wildman–Crippen MR) is 76.2 cm³/mol. The predicted octanol–water partition coefficient (Wildman–Crippen LogP) is 3.98. The van der Waals surface area contributed by atoms with Gasteiger partial charge in [0.05, 0.1) is 6.07 Å². The van der Waals surface area contributed by atoms with Crippen LogP contribution in [0.25, 0.3) is 0 Å². The van der Waals surface area contributed by atoms with Crippen LogP contribution in [-0.2, 0) is 9.53 Å². The monoisotopic (exact) mass is 263 g/mol. The van der Waals surface area contributed by atoms with Gasteiger partial charge in [0.1, 0.15) is 0 Å². The number of rotatable bonds is 9. The van der Waals surface area contributed by atoms with E-state index >= 15 is 0 Å². The van der Waals surface area contributed by atoms with Gasteiger partial charge in [-0.2, -0.15) is 5.26 Å². The van der Waals surface area contributed by atoms with Crippen LogP contribution in [0.4, 0.5) is 0 Å². The van der Waals surface area contributed by atoms with Crippen molar-refractivity contribution in [3.8, 4) is 17.9 Å². The van der Waals surface area contributed by atoms with Crippen molar-refractivity contribution in [3.05, 3.63) is 0 Å². The summed E-state index contributed by atoms with van der Waals surface area (Å²) in [4.78, 5) is 10.9. The lowest BCUT2D eigenvalue weighted by atomic mass is 10.1. The van der Waals surface area contributed by atoms with E-state index < -0.39 is 6.10 Å². The molecule has 0 aromatic carbocycles. The van der Waals surface area contributed by atoms with Gasteiger partial charge in [0.25, 0.3) is 0 Å². The van der Waals surface area contributed by atoms with Crippen LogP contribution in [0.2, 0.25) is 0 Å². The molecule has 0 radical (unpaired) electrons. The third kappa shape index (κ3) is 12.8. The molecular formula is C16H25NO2. The molecule has 0 N–H and O–H groups in total. The van der Waals surface area contributed by atoms with E-state index in [1.165, 1.54) is 39.0 Å². The molecule has 0 rings (SSSR count). The van der Waals surface area contributed by atoms with Crippen LogP contribution < -0.4 is 0 Å². The maximum absolute atomic E-state index is 10.9. The Morgan fingerprint density at radius 2 is 1.84 bits per heavy atom. The minimum atomic E-state index is -0.419. The number of hydrogen-bond acceptors (Lipinski definition) is 3. The zero-order chi connectivity index (χ0) is 14.3. The van der Waals surface area contributed by atoms with E-state index in [4.69, 9.17) is 10.00 Å². The molecule has 3 heteroatoms. The molecule has 106 valence electrons. The van der Waals surface area contributed by atoms with Gasteiger partial charge in [-0.15, -0.1) is 0 Å². The highest BCUT2D eigenvalue weighted by molar-refractivity contribution is 5.66. The summed E-state index contributed by atoms with van der Waals surface area (Å²) in [6.45, 7) is 3.58. The smallest absolute Gasteiger partial charge is 0.303 e. The van der Waals surface area contributed by atoms with Crippen molar-refractivity contribution >= 4 is 5.97 Å². The first-order valence-corrected chi connectivity index (χ1v) is 7.23. The summed E-state index contributed by atoms with van der Waals surface area (Å²) < 4.78 is 5.05. The van der Waals surface area contributed by atoms with Gasteiger partial charge in [-0.3, -0.25) is 4.79 Å². The van der Waals surface area contributed by atoms with Crippen molar-refractivity contribution in [2.45, 2.75) is 77.7 Å². The average Bonchev–Trinajstić information content (AvgIpc) is 2.38. The van der Waals surface area contributed by atoms with Crippen molar-refractivity contribution in [2.24, 2.45) is 0 Å². The second-order valence-corrected chi connectivity index (χ2v) is 4.63. The Labute approximate surface area is 117 Å². The number of nitriles is 1. The fourth-order valence-electron chi connectivity index (χ4n) is 1.74. The lowest BCUT2D eigenvalue weighted by molar-refractivity contribution is -0.143. The molecule has 0 aromatic heterocycles. The standard InChI is InChI=1S/C16H25NO2/c1-3-4-5-6-7-8-9-10-12-16(13-11-14-17)19-15(2)18/h16H,3-9,11,13H2,1-2H3. The quantitative estimate of drug-likeness (QED) is 0.359. The van der Waals surface area contributed by atoms with Crippen LogP contribution in [0.1, 0.15) is 71.6 Å². The number of nitrogens with zero attached hydrogens (tertiary/aromatic N) is 1. The van der Waals surface area contributed by atoms with Gasteiger partial charge in [0, 0.05) is 26.2 Å². The number of carbonyl (C=O) groups excluding carboxylic acids is 1. The highest BCUT2D eigenvalue weighted by Gasteiger charge is 2.07. The van der Waals surface area contributed by atoms with E-state index in [2.05, 4.69) is 18.8 Å². The molecule has 0 saturated heterocycles. The van der Waals surface area contributed by atoms with Gasteiger partial charge in [-0.25, -0.2) is 0 Å². The molecule has 3 nitrogen and oxygen atoms in total. The molecule has 0 saturated carbocycles. The minimum absolute atomic E-state index is 0.336. The average molecular weight is 263 g/mol. The molecule has 0 fully saturated rings. The minimum Gasteiger partial charge on any atom is -0.449 e. The Morgan fingerprint density at radius 3 is 2.47 bits per heavy atom. The van der Waals surface area contributed by atoms with Crippen molar-refractivity contribution < 1.29 is 9.53 Å². The number of carbonyl (C=O) groups is 1. The number of ether oxygens (including phenoxy) is 1.